The van der Waals surface area contributed by atoms with E-state index in [1.807, 2.05) is 37.4 Å². The van der Waals surface area contributed by atoms with Crippen molar-refractivity contribution in [2.45, 2.75) is 19.8 Å². The Morgan fingerprint density at radius 1 is 1.36 bits per heavy atom. The van der Waals surface area contributed by atoms with Crippen molar-refractivity contribution >= 4 is 29.9 Å². The zero-order valence-electron chi connectivity index (χ0n) is 15.8. The molecule has 1 heterocycles. The first-order chi connectivity index (χ1) is 11.7. The number of nitrogens with zero attached hydrogens (tertiary/aromatic N) is 3. The molecule has 0 aromatic heterocycles. The minimum absolute atomic E-state index is 0. The van der Waals surface area contributed by atoms with Crippen LogP contribution in [0.3, 0.4) is 0 Å². The minimum atomic E-state index is 0. The smallest absolute Gasteiger partial charge is 0.193 e. The zero-order chi connectivity index (χ0) is 17.2. The van der Waals surface area contributed by atoms with E-state index in [1.54, 1.807) is 0 Å². The molecule has 0 radical (unpaired) electrons. The van der Waals surface area contributed by atoms with Crippen LogP contribution in [-0.4, -0.2) is 69.2 Å². The van der Waals surface area contributed by atoms with Crippen LogP contribution in [0.25, 0.3) is 0 Å². The van der Waals surface area contributed by atoms with Gasteiger partial charge in [0.2, 0.25) is 0 Å². The van der Waals surface area contributed by atoms with Crippen molar-refractivity contribution < 1.29 is 4.74 Å². The first-order valence-electron chi connectivity index (χ1n) is 9.05. The summed E-state index contributed by atoms with van der Waals surface area (Å²) in [7, 11) is 3.90. The number of nitrogens with one attached hydrogen (secondary N) is 1. The van der Waals surface area contributed by atoms with E-state index < -0.39 is 0 Å². The molecule has 1 aliphatic rings. The summed E-state index contributed by atoms with van der Waals surface area (Å²) in [6, 6.07) is 9.94. The van der Waals surface area contributed by atoms with E-state index in [0.717, 1.165) is 31.3 Å². The number of rotatable bonds is 7. The molecule has 1 unspecified atom stereocenters. The van der Waals surface area contributed by atoms with Gasteiger partial charge in [-0.15, -0.1) is 24.0 Å². The maximum Gasteiger partial charge on any atom is 0.193 e. The summed E-state index contributed by atoms with van der Waals surface area (Å²) >= 11 is 0. The van der Waals surface area contributed by atoms with Gasteiger partial charge in [0.1, 0.15) is 12.4 Å². The predicted molar refractivity (Wildman–Crippen MR) is 116 cm³/mol. The van der Waals surface area contributed by atoms with Crippen LogP contribution in [0.15, 0.2) is 35.3 Å². The van der Waals surface area contributed by atoms with Gasteiger partial charge in [0.25, 0.3) is 0 Å². The van der Waals surface area contributed by atoms with E-state index in [2.05, 4.69) is 34.1 Å². The molecular formula is C19H33IN4O. The van der Waals surface area contributed by atoms with Crippen molar-refractivity contribution in [3.05, 3.63) is 30.3 Å². The van der Waals surface area contributed by atoms with Crippen molar-refractivity contribution in [3.63, 3.8) is 0 Å². The lowest BCUT2D eigenvalue weighted by atomic mass is 9.98. The Balaban J connectivity index is 0.00000312. The molecule has 1 aromatic rings. The van der Waals surface area contributed by atoms with Crippen LogP contribution in [-0.2, 0) is 0 Å². The number of halogens is 1. The molecule has 142 valence electrons. The summed E-state index contributed by atoms with van der Waals surface area (Å²) in [6.07, 6.45) is 2.61. The molecule has 2 rings (SSSR count). The summed E-state index contributed by atoms with van der Waals surface area (Å²) in [5.74, 6) is 2.57. The number of aliphatic imine (C=N–C) groups is 1. The molecule has 1 aliphatic heterocycles. The third-order valence-electron chi connectivity index (χ3n) is 4.61. The van der Waals surface area contributed by atoms with Crippen molar-refractivity contribution in [2.75, 3.05) is 53.4 Å². The van der Waals surface area contributed by atoms with Gasteiger partial charge >= 0.3 is 0 Å². The highest BCUT2D eigenvalue weighted by Gasteiger charge is 2.19. The van der Waals surface area contributed by atoms with E-state index in [0.29, 0.717) is 12.5 Å². The molecular weight excluding hydrogens is 427 g/mol. The minimum Gasteiger partial charge on any atom is -0.492 e. The van der Waals surface area contributed by atoms with E-state index >= 15 is 0 Å². The molecule has 5 nitrogen and oxygen atoms in total. The van der Waals surface area contributed by atoms with Crippen LogP contribution in [0.1, 0.15) is 19.8 Å². The fourth-order valence-electron chi connectivity index (χ4n) is 3.15. The Bertz CT molecular complexity index is 497. The second-order valence-corrected chi connectivity index (χ2v) is 6.41. The number of piperidine rings is 1. The Hall–Kier alpha value is -1.02. The summed E-state index contributed by atoms with van der Waals surface area (Å²) in [5, 5.41) is 3.53. The Morgan fingerprint density at radius 3 is 2.80 bits per heavy atom. The first kappa shape index (κ1) is 22.0. The summed E-state index contributed by atoms with van der Waals surface area (Å²) in [5.41, 5.74) is 0. The predicted octanol–water partition coefficient (Wildman–Crippen LogP) is 2.92. The van der Waals surface area contributed by atoms with Gasteiger partial charge in [-0.1, -0.05) is 25.1 Å². The highest BCUT2D eigenvalue weighted by Crippen LogP contribution is 2.15. The van der Waals surface area contributed by atoms with Gasteiger partial charge in [0, 0.05) is 27.2 Å². The maximum absolute atomic E-state index is 5.76. The monoisotopic (exact) mass is 460 g/mol. The number of likely N-dealkylation sites (tertiary alicyclic amines) is 1. The lowest BCUT2D eigenvalue weighted by Crippen LogP contribution is -2.45. The topological polar surface area (TPSA) is 40.1 Å². The zero-order valence-corrected chi connectivity index (χ0v) is 18.1. The van der Waals surface area contributed by atoms with E-state index in [1.165, 1.54) is 25.9 Å². The van der Waals surface area contributed by atoms with Crippen LogP contribution < -0.4 is 10.1 Å². The highest BCUT2D eigenvalue weighted by molar-refractivity contribution is 14.0. The lowest BCUT2D eigenvalue weighted by molar-refractivity contribution is 0.182. The Morgan fingerprint density at radius 2 is 2.12 bits per heavy atom. The van der Waals surface area contributed by atoms with E-state index in [9.17, 15) is 0 Å². The van der Waals surface area contributed by atoms with Gasteiger partial charge in [-0.3, -0.25) is 4.99 Å². The van der Waals surface area contributed by atoms with Gasteiger partial charge in [-0.25, -0.2) is 0 Å². The summed E-state index contributed by atoms with van der Waals surface area (Å²) < 4.78 is 5.76. The number of benzene rings is 1. The van der Waals surface area contributed by atoms with Crippen molar-refractivity contribution in [2.24, 2.45) is 10.9 Å². The molecule has 1 N–H and O–H groups in total. The molecule has 25 heavy (non-hydrogen) atoms. The second kappa shape index (κ2) is 12.4. The lowest BCUT2D eigenvalue weighted by Gasteiger charge is -2.32. The molecule has 0 spiro atoms. The number of guanidine groups is 1. The normalized spacial score (nSPS) is 18.4. The average molecular weight is 460 g/mol. The van der Waals surface area contributed by atoms with Crippen LogP contribution in [0.5, 0.6) is 5.75 Å². The third-order valence-corrected chi connectivity index (χ3v) is 4.61. The van der Waals surface area contributed by atoms with Crippen LogP contribution >= 0.6 is 24.0 Å². The first-order valence-corrected chi connectivity index (χ1v) is 9.05. The van der Waals surface area contributed by atoms with Gasteiger partial charge in [-0.05, 0) is 44.0 Å². The Kier molecular flexibility index (Phi) is 10.9. The Labute approximate surface area is 169 Å². The van der Waals surface area contributed by atoms with Crippen LogP contribution in [0.2, 0.25) is 0 Å². The SMILES string of the molecule is CCN1CCCC(CNC(=NC)N(C)CCOc2ccccc2)C1.I. The van der Waals surface area contributed by atoms with Gasteiger partial charge in [0.05, 0.1) is 6.54 Å². The molecule has 1 fully saturated rings. The number of para-hydroxylation sites is 1. The average Bonchev–Trinajstić information content (AvgIpc) is 2.63. The fourth-order valence-corrected chi connectivity index (χ4v) is 3.15. The molecule has 0 bridgehead atoms. The van der Waals surface area contributed by atoms with Crippen molar-refractivity contribution in [1.82, 2.24) is 15.1 Å². The van der Waals surface area contributed by atoms with Gasteiger partial charge < -0.3 is 19.9 Å². The molecule has 1 aromatic carbocycles. The molecule has 6 heteroatoms. The number of hydrogen-bond donors (Lipinski definition) is 1. The fraction of sp³-hybridized carbons (Fsp3) is 0.632. The van der Waals surface area contributed by atoms with Crippen LogP contribution in [0, 0.1) is 5.92 Å². The highest BCUT2D eigenvalue weighted by atomic mass is 127. The maximum atomic E-state index is 5.76. The van der Waals surface area contributed by atoms with E-state index in [-0.39, 0.29) is 24.0 Å². The molecule has 0 aliphatic carbocycles. The van der Waals surface area contributed by atoms with Gasteiger partial charge in [-0.2, -0.15) is 0 Å². The van der Waals surface area contributed by atoms with Crippen molar-refractivity contribution in [3.8, 4) is 5.75 Å². The summed E-state index contributed by atoms with van der Waals surface area (Å²) in [4.78, 5) is 9.07. The van der Waals surface area contributed by atoms with Crippen molar-refractivity contribution in [1.29, 1.82) is 0 Å². The number of likely N-dealkylation sites (N-methyl/N-ethyl adjacent to an activating group) is 1. The molecule has 1 atom stereocenters. The molecule has 0 saturated carbocycles. The molecule has 0 amide bonds. The quantitative estimate of drug-likeness (QED) is 0.386. The molecule has 1 saturated heterocycles. The second-order valence-electron chi connectivity index (χ2n) is 6.41. The number of ether oxygens (including phenoxy) is 1. The van der Waals surface area contributed by atoms with Crippen LogP contribution in [0.4, 0.5) is 0 Å². The van der Waals surface area contributed by atoms with E-state index in [4.69, 9.17) is 4.74 Å². The largest absolute Gasteiger partial charge is 0.492 e. The standard InChI is InChI=1S/C19H32N4O.HI/c1-4-23-12-8-9-17(16-23)15-21-19(20-2)22(3)13-14-24-18-10-6-5-7-11-18;/h5-7,10-11,17H,4,8-9,12-16H2,1-3H3,(H,20,21);1H. The summed E-state index contributed by atoms with van der Waals surface area (Å²) in [6.45, 7) is 8.29. The van der Waals surface area contributed by atoms with Gasteiger partial charge in [0.15, 0.2) is 5.96 Å². The third kappa shape index (κ3) is 7.81. The number of hydrogen-bond acceptors (Lipinski definition) is 3.